The number of carbonyl (C=O) groups is 2. The molecule has 0 spiro atoms. The number of Topliss-reactive ketones (excluding diaryl/α,β-unsaturated/α-hetero) is 1. The minimum absolute atomic E-state index is 0. The Morgan fingerprint density at radius 1 is 1.47 bits per heavy atom. The SMILES string of the molecule is CCC(C(=N)C(=O)[C@@H](C)CBr)C(=O)O.[NaH]. The number of halogens is 1. The van der Waals surface area contributed by atoms with Crippen LogP contribution < -0.4 is 0 Å². The molecule has 0 bridgehead atoms. The standard InChI is InChI=1S/C9H14BrNO3.Na.H/c1-3-6(9(13)14)7(11)8(12)5(2)4-10;;/h5-6,11H,3-4H2,1-2H3,(H,13,14);;/t5-,6?;;/m0../s1. The van der Waals surface area contributed by atoms with Crippen molar-refractivity contribution in [3.05, 3.63) is 0 Å². The summed E-state index contributed by atoms with van der Waals surface area (Å²) in [4.78, 5) is 22.1. The molecule has 0 saturated heterocycles. The van der Waals surface area contributed by atoms with Crippen LogP contribution in [0.5, 0.6) is 0 Å². The maximum atomic E-state index is 11.5. The van der Waals surface area contributed by atoms with E-state index in [0.29, 0.717) is 5.33 Å². The van der Waals surface area contributed by atoms with Crippen LogP contribution in [-0.2, 0) is 9.59 Å². The van der Waals surface area contributed by atoms with E-state index in [1.165, 1.54) is 0 Å². The van der Waals surface area contributed by atoms with Crippen LogP contribution >= 0.6 is 15.9 Å². The number of carboxylic acid groups (broad SMARTS) is 1. The predicted molar refractivity (Wildman–Crippen MR) is 64.3 cm³/mol. The third-order valence-electron chi connectivity index (χ3n) is 2.00. The van der Waals surface area contributed by atoms with Crippen LogP contribution in [0.4, 0.5) is 0 Å². The molecule has 0 aromatic heterocycles. The summed E-state index contributed by atoms with van der Waals surface area (Å²) in [6.07, 6.45) is 0.273. The van der Waals surface area contributed by atoms with E-state index in [-0.39, 0.29) is 47.6 Å². The number of nitrogens with one attached hydrogen (secondary N) is 1. The summed E-state index contributed by atoms with van der Waals surface area (Å²) >= 11 is 3.13. The molecule has 0 amide bonds. The molecular weight excluding hydrogens is 273 g/mol. The number of hydrogen-bond donors (Lipinski definition) is 2. The van der Waals surface area contributed by atoms with Crippen LogP contribution in [0.2, 0.25) is 0 Å². The summed E-state index contributed by atoms with van der Waals surface area (Å²) in [7, 11) is 0. The molecule has 0 heterocycles. The fourth-order valence-corrected chi connectivity index (χ4v) is 1.30. The van der Waals surface area contributed by atoms with Gasteiger partial charge in [-0.05, 0) is 6.42 Å². The topological polar surface area (TPSA) is 78.2 Å². The Morgan fingerprint density at radius 3 is 2.20 bits per heavy atom. The van der Waals surface area contributed by atoms with Crippen LogP contribution in [0.15, 0.2) is 0 Å². The predicted octanol–water partition coefficient (Wildman–Crippen LogP) is 1.07. The van der Waals surface area contributed by atoms with Gasteiger partial charge in [0, 0.05) is 11.2 Å². The zero-order valence-electron chi connectivity index (χ0n) is 8.21. The Balaban J connectivity index is 0. The number of hydrogen-bond acceptors (Lipinski definition) is 3. The van der Waals surface area contributed by atoms with Gasteiger partial charge in [-0.25, -0.2) is 0 Å². The summed E-state index contributed by atoms with van der Waals surface area (Å²) in [6.45, 7) is 3.32. The van der Waals surface area contributed by atoms with Gasteiger partial charge in [0.2, 0.25) is 0 Å². The second kappa shape index (κ2) is 8.44. The third kappa shape index (κ3) is 5.24. The first-order valence-electron chi connectivity index (χ1n) is 4.37. The number of rotatable bonds is 6. The van der Waals surface area contributed by atoms with Gasteiger partial charge < -0.3 is 10.5 Å². The van der Waals surface area contributed by atoms with Crippen molar-refractivity contribution in [3.8, 4) is 0 Å². The molecule has 82 valence electrons. The van der Waals surface area contributed by atoms with Crippen LogP contribution in [0.1, 0.15) is 20.3 Å². The van der Waals surface area contributed by atoms with Gasteiger partial charge in [-0.2, -0.15) is 0 Å². The van der Waals surface area contributed by atoms with Gasteiger partial charge in [-0.15, -0.1) is 0 Å². The molecule has 1 unspecified atom stereocenters. The summed E-state index contributed by atoms with van der Waals surface area (Å²) in [5.41, 5.74) is -0.299. The van der Waals surface area contributed by atoms with Crippen molar-refractivity contribution >= 4 is 63.0 Å². The Kier molecular flexibility index (Phi) is 9.95. The van der Waals surface area contributed by atoms with Gasteiger partial charge in [0.1, 0.15) is 5.92 Å². The zero-order valence-corrected chi connectivity index (χ0v) is 9.80. The van der Waals surface area contributed by atoms with Crippen molar-refractivity contribution in [2.75, 3.05) is 5.33 Å². The first kappa shape index (κ1) is 17.7. The van der Waals surface area contributed by atoms with E-state index in [1.807, 2.05) is 0 Å². The second-order valence-electron chi connectivity index (χ2n) is 3.13. The molecule has 0 aromatic carbocycles. The van der Waals surface area contributed by atoms with Gasteiger partial charge >= 0.3 is 35.5 Å². The van der Waals surface area contributed by atoms with E-state index in [4.69, 9.17) is 10.5 Å². The maximum absolute atomic E-state index is 11.5. The Hall–Kier alpha value is 0.290. The van der Waals surface area contributed by atoms with Crippen LogP contribution in [0.25, 0.3) is 0 Å². The van der Waals surface area contributed by atoms with Gasteiger partial charge in [-0.3, -0.25) is 9.59 Å². The van der Waals surface area contributed by atoms with E-state index in [0.717, 1.165) is 0 Å². The molecule has 0 aliphatic heterocycles. The number of carbonyl (C=O) groups excluding carboxylic acids is 1. The monoisotopic (exact) mass is 287 g/mol. The molecular formula is C9H15BrNNaO3. The van der Waals surface area contributed by atoms with Crippen molar-refractivity contribution in [1.82, 2.24) is 0 Å². The summed E-state index contributed by atoms with van der Waals surface area (Å²) in [6, 6.07) is 0. The Labute approximate surface area is 120 Å². The van der Waals surface area contributed by atoms with E-state index in [9.17, 15) is 9.59 Å². The molecule has 4 nitrogen and oxygen atoms in total. The number of alkyl halides is 1. The van der Waals surface area contributed by atoms with Crippen molar-refractivity contribution in [2.45, 2.75) is 20.3 Å². The quantitative estimate of drug-likeness (QED) is 0.436. The molecule has 0 aliphatic carbocycles. The van der Waals surface area contributed by atoms with E-state index < -0.39 is 17.7 Å². The molecule has 2 N–H and O–H groups in total. The number of ketones is 1. The van der Waals surface area contributed by atoms with Crippen LogP contribution in [0.3, 0.4) is 0 Å². The molecule has 0 radical (unpaired) electrons. The van der Waals surface area contributed by atoms with Crippen molar-refractivity contribution in [1.29, 1.82) is 5.41 Å². The molecule has 0 aromatic rings. The normalized spacial score (nSPS) is 13.5. The van der Waals surface area contributed by atoms with Gasteiger partial charge in [0.05, 0.1) is 5.71 Å². The average Bonchev–Trinajstić information content (AvgIpc) is 2.15. The first-order valence-corrected chi connectivity index (χ1v) is 5.49. The summed E-state index contributed by atoms with van der Waals surface area (Å²) < 4.78 is 0. The molecule has 0 aliphatic rings. The summed E-state index contributed by atoms with van der Waals surface area (Å²) in [5, 5.41) is 16.7. The molecule has 0 fully saturated rings. The van der Waals surface area contributed by atoms with E-state index >= 15 is 0 Å². The summed E-state index contributed by atoms with van der Waals surface area (Å²) in [5.74, 6) is -2.80. The molecule has 0 rings (SSSR count). The zero-order chi connectivity index (χ0) is 11.3. The molecule has 15 heavy (non-hydrogen) atoms. The molecule has 0 saturated carbocycles. The van der Waals surface area contributed by atoms with Crippen molar-refractivity contribution < 1.29 is 14.7 Å². The van der Waals surface area contributed by atoms with Crippen molar-refractivity contribution in [2.24, 2.45) is 11.8 Å². The van der Waals surface area contributed by atoms with E-state index in [2.05, 4.69) is 15.9 Å². The van der Waals surface area contributed by atoms with Gasteiger partial charge in [0.15, 0.2) is 5.78 Å². The van der Waals surface area contributed by atoms with E-state index in [1.54, 1.807) is 13.8 Å². The average molecular weight is 288 g/mol. The van der Waals surface area contributed by atoms with Crippen LogP contribution in [-0.4, -0.2) is 57.5 Å². The molecule has 2 atom stereocenters. The fourth-order valence-electron chi connectivity index (χ4n) is 1.01. The van der Waals surface area contributed by atoms with Gasteiger partial charge in [0.25, 0.3) is 0 Å². The first-order chi connectivity index (χ1) is 6.45. The number of carboxylic acids is 1. The fraction of sp³-hybridized carbons (Fsp3) is 0.667. The van der Waals surface area contributed by atoms with Gasteiger partial charge in [-0.1, -0.05) is 29.8 Å². The Morgan fingerprint density at radius 2 is 1.93 bits per heavy atom. The minimum atomic E-state index is -1.10. The molecule has 6 heteroatoms. The second-order valence-corrected chi connectivity index (χ2v) is 3.78. The van der Waals surface area contributed by atoms with Crippen molar-refractivity contribution in [3.63, 3.8) is 0 Å². The van der Waals surface area contributed by atoms with Crippen LogP contribution in [0, 0.1) is 17.2 Å². The third-order valence-corrected chi connectivity index (χ3v) is 2.97. The number of aliphatic carboxylic acids is 1. The Bertz CT molecular complexity index is 258.